The van der Waals surface area contributed by atoms with Crippen LogP contribution in [0.15, 0.2) is 22.7 Å². The highest BCUT2D eigenvalue weighted by Crippen LogP contribution is 2.32. The summed E-state index contributed by atoms with van der Waals surface area (Å²) < 4.78 is 30.5. The quantitative estimate of drug-likeness (QED) is 0.876. The highest BCUT2D eigenvalue weighted by molar-refractivity contribution is 9.10. The van der Waals surface area contributed by atoms with Crippen molar-refractivity contribution in [2.75, 3.05) is 6.26 Å². The number of ether oxygens (including phenoxy) is 1. The van der Waals surface area contributed by atoms with Crippen LogP contribution in [0.4, 0.5) is 0 Å². The van der Waals surface area contributed by atoms with Crippen LogP contribution in [0.2, 0.25) is 0 Å². The molecule has 0 radical (unpaired) electrons. The summed E-state index contributed by atoms with van der Waals surface area (Å²) in [5.74, 6) is 0.757. The van der Waals surface area contributed by atoms with Gasteiger partial charge in [0.2, 0.25) is 0 Å². The molecule has 1 saturated carbocycles. The molecule has 3 atom stereocenters. The van der Waals surface area contributed by atoms with E-state index in [1.54, 1.807) is 0 Å². The van der Waals surface area contributed by atoms with E-state index in [4.69, 9.17) is 10.5 Å². The van der Waals surface area contributed by atoms with Gasteiger partial charge in [0.25, 0.3) is 0 Å². The number of halogens is 1. The van der Waals surface area contributed by atoms with Gasteiger partial charge in [-0.05, 0) is 44.4 Å². The third kappa shape index (κ3) is 4.44. The van der Waals surface area contributed by atoms with Gasteiger partial charge < -0.3 is 10.5 Å². The Balaban J connectivity index is 2.15. The molecule has 2 rings (SSSR count). The first kappa shape index (κ1) is 16.8. The molecule has 4 nitrogen and oxygen atoms in total. The van der Waals surface area contributed by atoms with Gasteiger partial charge in [-0.15, -0.1) is 0 Å². The number of hydrogen-bond donors (Lipinski definition) is 1. The first-order valence-corrected chi connectivity index (χ1v) is 9.92. The zero-order valence-electron chi connectivity index (χ0n) is 12.4. The molecule has 1 aliphatic carbocycles. The highest BCUT2D eigenvalue weighted by atomic mass is 79.9. The van der Waals surface area contributed by atoms with Crippen molar-refractivity contribution in [2.24, 2.45) is 5.73 Å². The lowest BCUT2D eigenvalue weighted by Gasteiger charge is -2.29. The van der Waals surface area contributed by atoms with Crippen molar-refractivity contribution < 1.29 is 13.2 Å². The predicted octanol–water partition coefficient (Wildman–Crippen LogP) is 3.20. The van der Waals surface area contributed by atoms with Crippen molar-refractivity contribution in [1.29, 1.82) is 0 Å². The Hall–Kier alpha value is -0.590. The van der Waals surface area contributed by atoms with E-state index in [1.165, 1.54) is 6.26 Å². The number of benzene rings is 1. The summed E-state index contributed by atoms with van der Waals surface area (Å²) in [5.41, 5.74) is 6.92. The van der Waals surface area contributed by atoms with Crippen molar-refractivity contribution in [3.8, 4) is 5.75 Å². The summed E-state index contributed by atoms with van der Waals surface area (Å²) >= 11 is 3.44. The average molecular weight is 376 g/mol. The number of sulfone groups is 1. The Morgan fingerprint density at radius 3 is 2.71 bits per heavy atom. The monoisotopic (exact) mass is 375 g/mol. The Bertz CT molecular complexity index is 601. The SMILES string of the molecule is C[C@H](N)c1cc(Br)ccc1OC1CCCC(S(C)(=O)=O)C1. The third-order valence-electron chi connectivity index (χ3n) is 3.94. The number of rotatable bonds is 4. The predicted molar refractivity (Wildman–Crippen MR) is 88.3 cm³/mol. The molecule has 0 aromatic heterocycles. The maximum Gasteiger partial charge on any atom is 0.150 e. The fourth-order valence-electron chi connectivity index (χ4n) is 2.76. The Labute approximate surface area is 135 Å². The van der Waals surface area contributed by atoms with Crippen LogP contribution < -0.4 is 10.5 Å². The van der Waals surface area contributed by atoms with Gasteiger partial charge in [0.15, 0.2) is 0 Å². The van der Waals surface area contributed by atoms with Gasteiger partial charge >= 0.3 is 0 Å². The van der Waals surface area contributed by atoms with Crippen LogP contribution in [0.1, 0.15) is 44.2 Å². The summed E-state index contributed by atoms with van der Waals surface area (Å²) in [7, 11) is -3.00. The van der Waals surface area contributed by atoms with Gasteiger partial charge in [-0.2, -0.15) is 0 Å². The van der Waals surface area contributed by atoms with Crippen LogP contribution in [0, 0.1) is 0 Å². The van der Waals surface area contributed by atoms with Crippen molar-refractivity contribution in [3.63, 3.8) is 0 Å². The molecule has 0 saturated heterocycles. The van der Waals surface area contributed by atoms with Crippen LogP contribution in [0.3, 0.4) is 0 Å². The van der Waals surface area contributed by atoms with E-state index >= 15 is 0 Å². The summed E-state index contributed by atoms with van der Waals surface area (Å²) in [6.45, 7) is 1.91. The molecule has 2 N–H and O–H groups in total. The second-order valence-corrected chi connectivity index (χ2v) is 9.07. The molecule has 1 aromatic rings. The minimum absolute atomic E-state index is 0.0582. The molecule has 0 spiro atoms. The molecule has 1 aliphatic rings. The second kappa shape index (κ2) is 6.67. The van der Waals surface area contributed by atoms with Gasteiger partial charge in [0.1, 0.15) is 15.6 Å². The smallest absolute Gasteiger partial charge is 0.150 e. The first-order chi connectivity index (χ1) is 9.77. The number of nitrogens with two attached hydrogens (primary N) is 1. The molecule has 21 heavy (non-hydrogen) atoms. The lowest BCUT2D eigenvalue weighted by molar-refractivity contribution is 0.154. The van der Waals surface area contributed by atoms with E-state index in [-0.39, 0.29) is 17.4 Å². The highest BCUT2D eigenvalue weighted by Gasteiger charge is 2.30. The second-order valence-electron chi connectivity index (χ2n) is 5.83. The lowest BCUT2D eigenvalue weighted by atomic mass is 9.97. The fourth-order valence-corrected chi connectivity index (χ4v) is 4.30. The molecule has 118 valence electrons. The van der Waals surface area contributed by atoms with Crippen LogP contribution in [0.25, 0.3) is 0 Å². The minimum Gasteiger partial charge on any atom is -0.490 e. The topological polar surface area (TPSA) is 69.4 Å². The standard InChI is InChI=1S/C15H22BrNO3S/c1-10(17)14-8-11(16)6-7-15(14)20-12-4-3-5-13(9-12)21(2,18)19/h6-8,10,12-13H,3-5,9,17H2,1-2H3/t10-,12?,13?/m0/s1. The van der Waals surface area contributed by atoms with Crippen molar-refractivity contribution >= 4 is 25.8 Å². The Kier molecular flexibility index (Phi) is 5.33. The molecule has 2 unspecified atom stereocenters. The van der Waals surface area contributed by atoms with Crippen molar-refractivity contribution in [3.05, 3.63) is 28.2 Å². The molecule has 1 aromatic carbocycles. The van der Waals surface area contributed by atoms with Gasteiger partial charge in [-0.25, -0.2) is 8.42 Å². The molecule has 6 heteroatoms. The normalized spacial score (nSPS) is 24.6. The Morgan fingerprint density at radius 1 is 1.38 bits per heavy atom. The van der Waals surface area contributed by atoms with E-state index in [0.717, 1.165) is 35.0 Å². The van der Waals surface area contributed by atoms with E-state index in [2.05, 4.69) is 15.9 Å². The fraction of sp³-hybridized carbons (Fsp3) is 0.600. The lowest BCUT2D eigenvalue weighted by Crippen LogP contribution is -2.33. The summed E-state index contributed by atoms with van der Waals surface area (Å²) in [6, 6.07) is 5.63. The van der Waals surface area contributed by atoms with Gasteiger partial charge in [-0.1, -0.05) is 15.9 Å². The maximum atomic E-state index is 11.7. The van der Waals surface area contributed by atoms with E-state index < -0.39 is 9.84 Å². The Morgan fingerprint density at radius 2 is 2.10 bits per heavy atom. The van der Waals surface area contributed by atoms with E-state index in [9.17, 15) is 8.42 Å². The van der Waals surface area contributed by atoms with Crippen LogP contribution in [-0.4, -0.2) is 26.0 Å². The largest absolute Gasteiger partial charge is 0.490 e. The summed E-state index contributed by atoms with van der Waals surface area (Å²) in [4.78, 5) is 0. The molecular formula is C15H22BrNO3S. The summed E-state index contributed by atoms with van der Waals surface area (Å²) in [6.07, 6.45) is 4.32. The molecule has 0 heterocycles. The minimum atomic E-state index is -3.00. The van der Waals surface area contributed by atoms with Crippen molar-refractivity contribution in [2.45, 2.75) is 50.0 Å². The maximum absolute atomic E-state index is 11.7. The summed E-state index contributed by atoms with van der Waals surface area (Å²) in [5, 5.41) is -0.287. The zero-order chi connectivity index (χ0) is 15.6. The van der Waals surface area contributed by atoms with Gasteiger partial charge in [0, 0.05) is 28.8 Å². The molecule has 0 amide bonds. The first-order valence-electron chi connectivity index (χ1n) is 7.18. The number of hydrogen-bond acceptors (Lipinski definition) is 4. The van der Waals surface area contributed by atoms with E-state index in [1.807, 2.05) is 25.1 Å². The van der Waals surface area contributed by atoms with Crippen molar-refractivity contribution in [1.82, 2.24) is 0 Å². The third-order valence-corrected chi connectivity index (χ3v) is 6.07. The zero-order valence-corrected chi connectivity index (χ0v) is 14.8. The molecule has 1 fully saturated rings. The van der Waals surface area contributed by atoms with Gasteiger partial charge in [-0.3, -0.25) is 0 Å². The van der Waals surface area contributed by atoms with Crippen LogP contribution in [0.5, 0.6) is 5.75 Å². The molecular weight excluding hydrogens is 354 g/mol. The molecule has 0 bridgehead atoms. The average Bonchev–Trinajstić information content (AvgIpc) is 2.40. The molecule has 0 aliphatic heterocycles. The van der Waals surface area contributed by atoms with Gasteiger partial charge in [0.05, 0.1) is 11.4 Å². The van der Waals surface area contributed by atoms with E-state index in [0.29, 0.717) is 6.42 Å². The van der Waals surface area contributed by atoms with Crippen LogP contribution >= 0.6 is 15.9 Å². The van der Waals surface area contributed by atoms with Crippen LogP contribution in [-0.2, 0) is 9.84 Å².